The van der Waals surface area contributed by atoms with E-state index in [1.165, 1.54) is 4.88 Å². The van der Waals surface area contributed by atoms with Gasteiger partial charge in [0.2, 0.25) is 5.95 Å². The highest BCUT2D eigenvalue weighted by atomic mass is 32.1. The molecule has 0 saturated heterocycles. The first-order valence-corrected chi connectivity index (χ1v) is 7.63. The highest BCUT2D eigenvalue weighted by Gasteiger charge is 2.02. The zero-order valence-electron chi connectivity index (χ0n) is 11.3. The molecule has 2 aromatic rings. The Morgan fingerprint density at radius 1 is 1.47 bits per heavy atom. The van der Waals surface area contributed by atoms with Crippen molar-refractivity contribution in [2.24, 2.45) is 0 Å². The fourth-order valence-electron chi connectivity index (χ4n) is 1.89. The fraction of sp³-hybridized carbons (Fsp3) is 0.500. The second kappa shape index (κ2) is 7.96. The molecule has 0 fully saturated rings. The first kappa shape index (κ1) is 14.1. The molecule has 5 heteroatoms. The maximum atomic E-state index is 5.35. The lowest BCUT2D eigenvalue weighted by molar-refractivity contribution is 0.142. The number of nitrogens with one attached hydrogen (secondary N) is 1. The zero-order chi connectivity index (χ0) is 13.3. The van der Waals surface area contributed by atoms with Gasteiger partial charge in [0.1, 0.15) is 0 Å². The third-order valence-electron chi connectivity index (χ3n) is 2.84. The van der Waals surface area contributed by atoms with Crippen LogP contribution in [0.5, 0.6) is 0 Å². The number of ether oxygens (including phenoxy) is 1. The Hall–Kier alpha value is -1.33. The summed E-state index contributed by atoms with van der Waals surface area (Å²) in [4.78, 5) is 5.75. The number of anilines is 1. The van der Waals surface area contributed by atoms with Crippen LogP contribution in [0, 0.1) is 0 Å². The predicted octanol–water partition coefficient (Wildman–Crippen LogP) is 3.03. The number of hydrogen-bond donors (Lipinski definition) is 1. The lowest BCUT2D eigenvalue weighted by Crippen LogP contribution is -2.11. The van der Waals surface area contributed by atoms with Gasteiger partial charge >= 0.3 is 0 Å². The van der Waals surface area contributed by atoms with Crippen molar-refractivity contribution in [2.75, 3.05) is 25.1 Å². The minimum absolute atomic E-state index is 0.788. The van der Waals surface area contributed by atoms with Crippen LogP contribution in [0.1, 0.15) is 18.2 Å². The molecule has 0 atom stereocenters. The van der Waals surface area contributed by atoms with E-state index in [2.05, 4.69) is 32.4 Å². The Balaban J connectivity index is 1.72. The zero-order valence-corrected chi connectivity index (χ0v) is 12.2. The number of rotatable bonds is 9. The van der Waals surface area contributed by atoms with E-state index in [0.29, 0.717) is 0 Å². The van der Waals surface area contributed by atoms with Gasteiger partial charge < -0.3 is 14.6 Å². The molecule has 0 aliphatic rings. The molecule has 0 unspecified atom stereocenters. The summed E-state index contributed by atoms with van der Waals surface area (Å²) in [6, 6.07) is 4.26. The molecule has 0 spiro atoms. The molecule has 0 aromatic carbocycles. The maximum absolute atomic E-state index is 5.35. The number of nitrogens with zero attached hydrogens (tertiary/aromatic N) is 2. The first-order valence-electron chi connectivity index (χ1n) is 6.75. The third-order valence-corrected chi connectivity index (χ3v) is 3.78. The predicted molar refractivity (Wildman–Crippen MR) is 79.8 cm³/mol. The van der Waals surface area contributed by atoms with Crippen molar-refractivity contribution in [2.45, 2.75) is 26.3 Å². The van der Waals surface area contributed by atoms with E-state index in [4.69, 9.17) is 4.74 Å². The Morgan fingerprint density at radius 3 is 3.21 bits per heavy atom. The monoisotopic (exact) mass is 279 g/mol. The summed E-state index contributed by atoms with van der Waals surface area (Å²) in [7, 11) is 0. The summed E-state index contributed by atoms with van der Waals surface area (Å²) < 4.78 is 7.50. The lowest BCUT2D eigenvalue weighted by Gasteiger charge is -2.09. The topological polar surface area (TPSA) is 39.1 Å². The molecule has 0 radical (unpaired) electrons. The number of hydrogen-bond acceptors (Lipinski definition) is 4. The van der Waals surface area contributed by atoms with Crippen molar-refractivity contribution in [3.63, 3.8) is 0 Å². The molecule has 0 saturated carbocycles. The van der Waals surface area contributed by atoms with E-state index in [1.54, 1.807) is 11.3 Å². The van der Waals surface area contributed by atoms with Gasteiger partial charge in [-0.2, -0.15) is 0 Å². The minimum Gasteiger partial charge on any atom is -0.382 e. The van der Waals surface area contributed by atoms with Gasteiger partial charge in [-0.25, -0.2) is 4.98 Å². The van der Waals surface area contributed by atoms with Gasteiger partial charge in [-0.1, -0.05) is 6.07 Å². The Kier molecular flexibility index (Phi) is 5.91. The molecule has 4 nitrogen and oxygen atoms in total. The molecular weight excluding hydrogens is 258 g/mol. The molecule has 104 valence electrons. The molecule has 0 aliphatic heterocycles. The largest absolute Gasteiger partial charge is 0.382 e. The van der Waals surface area contributed by atoms with Crippen molar-refractivity contribution < 1.29 is 4.74 Å². The second-order valence-electron chi connectivity index (χ2n) is 4.25. The van der Waals surface area contributed by atoms with Crippen molar-refractivity contribution in [3.8, 4) is 0 Å². The Labute approximate surface area is 118 Å². The maximum Gasteiger partial charge on any atom is 0.202 e. The van der Waals surface area contributed by atoms with Crippen molar-refractivity contribution in [1.82, 2.24) is 9.55 Å². The standard InChI is InChI=1S/C14H21N3OS/c1-2-18-11-4-9-17-10-8-16-14(17)15-7-6-13-5-3-12-19-13/h3,5,8,10,12H,2,4,6-7,9,11H2,1H3,(H,15,16). The van der Waals surface area contributed by atoms with E-state index < -0.39 is 0 Å². The molecule has 0 amide bonds. The molecule has 0 bridgehead atoms. The normalized spacial score (nSPS) is 10.8. The molecule has 19 heavy (non-hydrogen) atoms. The molecule has 0 aliphatic carbocycles. The van der Waals surface area contributed by atoms with E-state index in [-0.39, 0.29) is 0 Å². The van der Waals surface area contributed by atoms with Crippen LogP contribution in [0.25, 0.3) is 0 Å². The second-order valence-corrected chi connectivity index (χ2v) is 5.28. The van der Waals surface area contributed by atoms with Crippen molar-refractivity contribution >= 4 is 17.3 Å². The number of thiophene rings is 1. The van der Waals surface area contributed by atoms with Crippen LogP contribution in [-0.2, 0) is 17.7 Å². The van der Waals surface area contributed by atoms with Crippen LogP contribution in [0.3, 0.4) is 0 Å². The Bertz CT molecular complexity index is 453. The summed E-state index contributed by atoms with van der Waals surface area (Å²) in [5.74, 6) is 0.952. The van der Waals surface area contributed by atoms with E-state index in [0.717, 1.165) is 45.1 Å². The van der Waals surface area contributed by atoms with E-state index in [1.807, 2.05) is 19.3 Å². The molecule has 2 heterocycles. The summed E-state index contributed by atoms with van der Waals surface area (Å²) in [5.41, 5.74) is 0. The summed E-state index contributed by atoms with van der Waals surface area (Å²) >= 11 is 1.80. The van der Waals surface area contributed by atoms with Crippen LogP contribution in [-0.4, -0.2) is 29.3 Å². The first-order chi connectivity index (χ1) is 9.40. The van der Waals surface area contributed by atoms with Crippen molar-refractivity contribution in [3.05, 3.63) is 34.8 Å². The lowest BCUT2D eigenvalue weighted by atomic mass is 10.3. The summed E-state index contributed by atoms with van der Waals surface area (Å²) in [5, 5.41) is 5.51. The van der Waals surface area contributed by atoms with E-state index in [9.17, 15) is 0 Å². The minimum atomic E-state index is 0.788. The van der Waals surface area contributed by atoms with Crippen LogP contribution in [0.2, 0.25) is 0 Å². The summed E-state index contributed by atoms with van der Waals surface area (Å²) in [6.07, 6.45) is 5.92. The smallest absolute Gasteiger partial charge is 0.202 e. The number of aryl methyl sites for hydroxylation is 1. The SMILES string of the molecule is CCOCCCn1ccnc1NCCc1cccs1. The van der Waals surface area contributed by atoms with Gasteiger partial charge in [0.15, 0.2) is 0 Å². The molecular formula is C14H21N3OS. The molecule has 2 aromatic heterocycles. The van der Waals surface area contributed by atoms with Gasteiger partial charge in [-0.15, -0.1) is 11.3 Å². The number of aromatic nitrogens is 2. The van der Waals surface area contributed by atoms with Crippen LogP contribution in [0.15, 0.2) is 29.9 Å². The van der Waals surface area contributed by atoms with Gasteiger partial charge in [-0.05, 0) is 31.2 Å². The van der Waals surface area contributed by atoms with Gasteiger partial charge in [0.25, 0.3) is 0 Å². The van der Waals surface area contributed by atoms with Crippen molar-refractivity contribution in [1.29, 1.82) is 0 Å². The molecule has 2 rings (SSSR count). The highest BCUT2D eigenvalue weighted by molar-refractivity contribution is 7.09. The van der Waals surface area contributed by atoms with E-state index >= 15 is 0 Å². The van der Waals surface area contributed by atoms with Gasteiger partial charge in [-0.3, -0.25) is 0 Å². The third kappa shape index (κ3) is 4.69. The number of imidazole rings is 1. The average Bonchev–Trinajstić information content (AvgIpc) is 3.07. The summed E-state index contributed by atoms with van der Waals surface area (Å²) in [6.45, 7) is 5.48. The fourth-order valence-corrected chi connectivity index (χ4v) is 2.60. The van der Waals surface area contributed by atoms with Crippen LogP contribution >= 0.6 is 11.3 Å². The molecule has 1 N–H and O–H groups in total. The van der Waals surface area contributed by atoms with Gasteiger partial charge in [0.05, 0.1) is 0 Å². The quantitative estimate of drug-likeness (QED) is 0.717. The highest BCUT2D eigenvalue weighted by Crippen LogP contribution is 2.10. The Morgan fingerprint density at radius 2 is 2.42 bits per heavy atom. The van der Waals surface area contributed by atoms with Crippen LogP contribution in [0.4, 0.5) is 5.95 Å². The average molecular weight is 279 g/mol. The van der Waals surface area contributed by atoms with Gasteiger partial charge in [0, 0.05) is 43.6 Å². The van der Waals surface area contributed by atoms with Crippen LogP contribution < -0.4 is 5.32 Å².